The van der Waals surface area contributed by atoms with Gasteiger partial charge in [-0.2, -0.15) is 0 Å². The first-order valence-corrected chi connectivity index (χ1v) is 5.31. The molecule has 5 heteroatoms. The van der Waals surface area contributed by atoms with Gasteiger partial charge < -0.3 is 19.6 Å². The van der Waals surface area contributed by atoms with E-state index >= 15 is 0 Å². The fraction of sp³-hybridized carbons (Fsp3) is 0.818. The van der Waals surface area contributed by atoms with Crippen LogP contribution in [0.15, 0.2) is 0 Å². The van der Waals surface area contributed by atoms with Gasteiger partial charge in [-0.25, -0.2) is 4.79 Å². The van der Waals surface area contributed by atoms with Crippen molar-refractivity contribution in [2.75, 3.05) is 6.61 Å². The van der Waals surface area contributed by atoms with E-state index in [9.17, 15) is 9.59 Å². The zero-order valence-electron chi connectivity index (χ0n) is 10.6. The number of carbonyl (C=O) groups is 2. The third-order valence-electron chi connectivity index (χ3n) is 1.48. The molecule has 0 aromatic heterocycles. The lowest BCUT2D eigenvalue weighted by molar-refractivity contribution is -0.111. The van der Waals surface area contributed by atoms with Gasteiger partial charge in [0.2, 0.25) is 0 Å². The average molecular weight is 231 g/mol. The molecule has 0 aliphatic heterocycles. The minimum Gasteiger partial charge on any atom is -0.444 e. The largest absolute Gasteiger partial charge is 0.444 e. The highest BCUT2D eigenvalue weighted by Crippen LogP contribution is 2.06. The zero-order valence-corrected chi connectivity index (χ0v) is 10.6. The van der Waals surface area contributed by atoms with Crippen molar-refractivity contribution < 1.29 is 19.1 Å². The lowest BCUT2D eigenvalue weighted by Crippen LogP contribution is -2.42. The Bertz CT molecular complexity index is 233. The Balaban J connectivity index is 4.02. The molecule has 0 bridgehead atoms. The number of ether oxygens (including phenoxy) is 2. The van der Waals surface area contributed by atoms with Crippen LogP contribution >= 0.6 is 0 Å². The molecular weight excluding hydrogens is 210 g/mol. The van der Waals surface area contributed by atoms with Crippen LogP contribution in [0.2, 0.25) is 0 Å². The minimum atomic E-state index is -0.669. The molecule has 1 N–H and O–H groups in total. The Morgan fingerprint density at radius 2 is 1.94 bits per heavy atom. The van der Waals surface area contributed by atoms with E-state index in [1.165, 1.54) is 0 Å². The molecule has 16 heavy (non-hydrogen) atoms. The Kier molecular flexibility index (Phi) is 6.03. The van der Waals surface area contributed by atoms with E-state index in [1.807, 2.05) is 13.8 Å². The number of amides is 1. The van der Waals surface area contributed by atoms with Crippen molar-refractivity contribution in [3.63, 3.8) is 0 Å². The van der Waals surface area contributed by atoms with Gasteiger partial charge in [0.15, 0.2) is 0 Å². The number of aldehydes is 1. The van der Waals surface area contributed by atoms with Gasteiger partial charge in [0, 0.05) is 0 Å². The van der Waals surface area contributed by atoms with Crippen molar-refractivity contribution in [1.29, 1.82) is 0 Å². The van der Waals surface area contributed by atoms with E-state index in [1.54, 1.807) is 20.8 Å². The first-order chi connectivity index (χ1) is 7.24. The summed E-state index contributed by atoms with van der Waals surface area (Å²) in [5.74, 6) is 0. The smallest absolute Gasteiger partial charge is 0.408 e. The molecule has 0 radical (unpaired) electrons. The Morgan fingerprint density at radius 3 is 2.31 bits per heavy atom. The summed E-state index contributed by atoms with van der Waals surface area (Å²) in [6.07, 6.45) is 0.0339. The number of nitrogens with one attached hydrogen (secondary N) is 1. The van der Waals surface area contributed by atoms with E-state index < -0.39 is 17.7 Å². The van der Waals surface area contributed by atoms with Crippen molar-refractivity contribution in [2.45, 2.75) is 52.4 Å². The Morgan fingerprint density at radius 1 is 1.38 bits per heavy atom. The van der Waals surface area contributed by atoms with Crippen LogP contribution in [0.5, 0.6) is 0 Å². The molecule has 0 saturated heterocycles. The van der Waals surface area contributed by atoms with Crippen molar-refractivity contribution in [3.8, 4) is 0 Å². The summed E-state index contributed by atoms with van der Waals surface area (Å²) < 4.78 is 10.2. The normalized spacial score (nSPS) is 13.4. The molecule has 5 nitrogen and oxygen atoms in total. The third-order valence-corrected chi connectivity index (χ3v) is 1.48. The maximum Gasteiger partial charge on any atom is 0.408 e. The number of hydrogen-bond donors (Lipinski definition) is 1. The number of hydrogen-bond acceptors (Lipinski definition) is 4. The molecular formula is C11H21NO4. The van der Waals surface area contributed by atoms with E-state index in [-0.39, 0.29) is 12.7 Å². The molecule has 0 aromatic rings. The van der Waals surface area contributed by atoms with Crippen LogP contribution in [-0.4, -0.2) is 36.7 Å². The molecule has 1 unspecified atom stereocenters. The highest BCUT2D eigenvalue weighted by molar-refractivity contribution is 5.73. The summed E-state index contributed by atoms with van der Waals surface area (Å²) >= 11 is 0. The SMILES string of the molecule is CC(C)OCC(C=O)NC(=O)OC(C)(C)C. The maximum atomic E-state index is 11.3. The van der Waals surface area contributed by atoms with Crippen molar-refractivity contribution in [3.05, 3.63) is 0 Å². The van der Waals surface area contributed by atoms with Gasteiger partial charge in [0.25, 0.3) is 0 Å². The second kappa shape index (κ2) is 6.48. The molecule has 1 amide bonds. The van der Waals surface area contributed by atoms with Gasteiger partial charge in [-0.3, -0.25) is 0 Å². The van der Waals surface area contributed by atoms with Gasteiger partial charge in [0.05, 0.1) is 12.7 Å². The van der Waals surface area contributed by atoms with Crippen molar-refractivity contribution >= 4 is 12.4 Å². The van der Waals surface area contributed by atoms with Crippen LogP contribution in [0.25, 0.3) is 0 Å². The first-order valence-electron chi connectivity index (χ1n) is 5.31. The second-order valence-corrected chi connectivity index (χ2v) is 4.77. The second-order valence-electron chi connectivity index (χ2n) is 4.77. The van der Waals surface area contributed by atoms with Crippen LogP contribution in [0, 0.1) is 0 Å². The first kappa shape index (κ1) is 14.9. The fourth-order valence-corrected chi connectivity index (χ4v) is 0.870. The molecule has 0 rings (SSSR count). The standard InChI is InChI=1S/C11H21NO4/c1-8(2)15-7-9(6-13)12-10(14)16-11(3,4)5/h6,8-9H,7H2,1-5H3,(H,12,14). The summed E-state index contributed by atoms with van der Waals surface area (Å²) in [7, 11) is 0. The van der Waals surface area contributed by atoms with Crippen molar-refractivity contribution in [2.24, 2.45) is 0 Å². The highest BCUT2D eigenvalue weighted by atomic mass is 16.6. The number of carbonyl (C=O) groups excluding carboxylic acids is 2. The Labute approximate surface area is 96.5 Å². The molecule has 94 valence electrons. The van der Waals surface area contributed by atoms with E-state index in [0.29, 0.717) is 6.29 Å². The van der Waals surface area contributed by atoms with E-state index in [2.05, 4.69) is 5.32 Å². The highest BCUT2D eigenvalue weighted by Gasteiger charge is 2.19. The van der Waals surface area contributed by atoms with Gasteiger partial charge >= 0.3 is 6.09 Å². The minimum absolute atomic E-state index is 0.0166. The molecule has 0 spiro atoms. The van der Waals surface area contributed by atoms with Gasteiger partial charge in [0.1, 0.15) is 17.9 Å². The maximum absolute atomic E-state index is 11.3. The predicted molar refractivity (Wildman–Crippen MR) is 60.3 cm³/mol. The van der Waals surface area contributed by atoms with Crippen LogP contribution in [0.1, 0.15) is 34.6 Å². The molecule has 0 heterocycles. The topological polar surface area (TPSA) is 64.6 Å². The van der Waals surface area contributed by atoms with Crippen molar-refractivity contribution in [1.82, 2.24) is 5.32 Å². The van der Waals surface area contributed by atoms with Crippen LogP contribution in [0.3, 0.4) is 0 Å². The monoisotopic (exact) mass is 231 g/mol. The zero-order chi connectivity index (χ0) is 12.8. The third kappa shape index (κ3) is 8.23. The lowest BCUT2D eigenvalue weighted by atomic mass is 10.2. The Hall–Kier alpha value is -1.10. The van der Waals surface area contributed by atoms with Gasteiger partial charge in [-0.1, -0.05) is 0 Å². The summed E-state index contributed by atoms with van der Waals surface area (Å²) in [6, 6.07) is -0.669. The van der Waals surface area contributed by atoms with Crippen LogP contribution < -0.4 is 5.32 Å². The molecule has 0 aliphatic rings. The summed E-state index contributed by atoms with van der Waals surface area (Å²) in [4.78, 5) is 22.0. The molecule has 0 aromatic carbocycles. The van der Waals surface area contributed by atoms with Gasteiger partial charge in [-0.05, 0) is 34.6 Å². The quantitative estimate of drug-likeness (QED) is 0.728. The molecule has 1 atom stereocenters. The van der Waals surface area contributed by atoms with Crippen LogP contribution in [0.4, 0.5) is 4.79 Å². The summed E-state index contributed by atoms with van der Waals surface area (Å²) in [6.45, 7) is 9.14. The molecule has 0 fully saturated rings. The lowest BCUT2D eigenvalue weighted by Gasteiger charge is -2.21. The number of alkyl carbamates (subject to hydrolysis) is 1. The van der Waals surface area contributed by atoms with E-state index in [4.69, 9.17) is 9.47 Å². The summed E-state index contributed by atoms with van der Waals surface area (Å²) in [5, 5.41) is 2.42. The van der Waals surface area contributed by atoms with E-state index in [0.717, 1.165) is 0 Å². The molecule has 0 saturated carbocycles. The predicted octanol–water partition coefficient (Wildman–Crippen LogP) is 1.50. The fourth-order valence-electron chi connectivity index (χ4n) is 0.870. The van der Waals surface area contributed by atoms with Gasteiger partial charge in [-0.15, -0.1) is 0 Å². The molecule has 0 aliphatic carbocycles. The summed E-state index contributed by atoms with van der Waals surface area (Å²) in [5.41, 5.74) is -0.573. The average Bonchev–Trinajstić information content (AvgIpc) is 2.08. The number of rotatable bonds is 5. The van der Waals surface area contributed by atoms with Crippen LogP contribution in [-0.2, 0) is 14.3 Å².